The summed E-state index contributed by atoms with van der Waals surface area (Å²) in [7, 11) is 0. The van der Waals surface area contributed by atoms with E-state index in [1.54, 1.807) is 36.1 Å². The van der Waals surface area contributed by atoms with Crippen LogP contribution >= 0.6 is 23.1 Å². The molecule has 0 aliphatic carbocycles. The highest BCUT2D eigenvalue weighted by Gasteiger charge is 2.18. The van der Waals surface area contributed by atoms with Crippen molar-refractivity contribution in [2.45, 2.75) is 24.1 Å². The maximum Gasteiger partial charge on any atom is 0.306 e. The molecule has 0 spiro atoms. The average Bonchev–Trinajstić information content (AvgIpc) is 3.14. The number of nitro benzene ring substituents is 1. The molecule has 0 saturated carbocycles. The number of hydrogen-bond donors (Lipinski definition) is 1. The van der Waals surface area contributed by atoms with Gasteiger partial charge in [-0.3, -0.25) is 19.7 Å². The molecule has 0 aliphatic rings. The van der Waals surface area contributed by atoms with Crippen molar-refractivity contribution in [2.24, 2.45) is 0 Å². The molecule has 3 rings (SSSR count). The van der Waals surface area contributed by atoms with Gasteiger partial charge in [0.1, 0.15) is 5.69 Å². The number of fused-ring (bicyclic) bond motifs is 1. The summed E-state index contributed by atoms with van der Waals surface area (Å²) in [4.78, 5) is 38.9. The second kappa shape index (κ2) is 10.2. The molecule has 0 fully saturated rings. The van der Waals surface area contributed by atoms with E-state index in [0.29, 0.717) is 17.7 Å². The monoisotopic (exact) mass is 445 g/mol. The third-order valence-electron chi connectivity index (χ3n) is 4.10. The van der Waals surface area contributed by atoms with Gasteiger partial charge in [0.25, 0.3) is 11.6 Å². The van der Waals surface area contributed by atoms with Crippen molar-refractivity contribution in [3.63, 3.8) is 0 Å². The van der Waals surface area contributed by atoms with Crippen molar-refractivity contribution in [1.29, 1.82) is 0 Å². The van der Waals surface area contributed by atoms with Gasteiger partial charge in [-0.25, -0.2) is 4.98 Å². The normalized spacial score (nSPS) is 10.7. The Morgan fingerprint density at radius 1 is 1.23 bits per heavy atom. The Morgan fingerprint density at radius 3 is 2.80 bits per heavy atom. The van der Waals surface area contributed by atoms with Crippen LogP contribution in [-0.4, -0.2) is 34.1 Å². The fourth-order valence-corrected chi connectivity index (χ4v) is 4.73. The fourth-order valence-electron chi connectivity index (χ4n) is 2.65. The zero-order valence-electron chi connectivity index (χ0n) is 16.1. The van der Waals surface area contributed by atoms with Gasteiger partial charge in [-0.2, -0.15) is 0 Å². The van der Waals surface area contributed by atoms with Crippen LogP contribution in [0.15, 0.2) is 46.8 Å². The number of rotatable bonds is 9. The fraction of sp³-hybridized carbons (Fsp3) is 0.250. The maximum atomic E-state index is 12.0. The topological polar surface area (TPSA) is 111 Å². The van der Waals surface area contributed by atoms with Crippen LogP contribution in [0.4, 0.5) is 11.4 Å². The molecule has 0 radical (unpaired) electrons. The van der Waals surface area contributed by atoms with Gasteiger partial charge < -0.3 is 10.1 Å². The van der Waals surface area contributed by atoms with Crippen LogP contribution in [0.1, 0.15) is 18.4 Å². The molecule has 10 heteroatoms. The average molecular weight is 446 g/mol. The Balaban J connectivity index is 1.39. The number of ether oxygens (including phenoxy) is 1. The predicted molar refractivity (Wildman–Crippen MR) is 117 cm³/mol. The lowest BCUT2D eigenvalue weighted by atomic mass is 10.1. The van der Waals surface area contributed by atoms with Crippen molar-refractivity contribution in [3.8, 4) is 0 Å². The van der Waals surface area contributed by atoms with Crippen molar-refractivity contribution in [3.05, 3.63) is 58.1 Å². The van der Waals surface area contributed by atoms with E-state index in [2.05, 4.69) is 10.3 Å². The molecule has 1 aromatic heterocycles. The molecule has 0 bridgehead atoms. The van der Waals surface area contributed by atoms with Crippen molar-refractivity contribution >= 4 is 56.6 Å². The molecule has 2 aromatic carbocycles. The van der Waals surface area contributed by atoms with Gasteiger partial charge in [-0.15, -0.1) is 11.3 Å². The number of anilines is 1. The number of aromatic nitrogens is 1. The highest BCUT2D eigenvalue weighted by atomic mass is 32.2. The second-order valence-corrected chi connectivity index (χ2v) is 8.71. The van der Waals surface area contributed by atoms with Crippen LogP contribution in [0.5, 0.6) is 0 Å². The van der Waals surface area contributed by atoms with Gasteiger partial charge >= 0.3 is 5.97 Å². The first-order chi connectivity index (χ1) is 14.4. The number of nitrogens with one attached hydrogen (secondary N) is 1. The molecule has 156 valence electrons. The predicted octanol–water partition coefficient (Wildman–Crippen LogP) is 4.57. The highest BCUT2D eigenvalue weighted by Crippen LogP contribution is 2.30. The van der Waals surface area contributed by atoms with Crippen LogP contribution in [0.3, 0.4) is 0 Å². The number of nitrogens with zero attached hydrogens (tertiary/aromatic N) is 2. The third kappa shape index (κ3) is 5.77. The number of carbonyl (C=O) groups is 2. The summed E-state index contributed by atoms with van der Waals surface area (Å²) in [6.07, 6.45) is 0.764. The molecule has 1 amide bonds. The Kier molecular flexibility index (Phi) is 7.36. The summed E-state index contributed by atoms with van der Waals surface area (Å²) in [6, 6.07) is 12.4. The smallest absolute Gasteiger partial charge is 0.306 e. The Hall–Kier alpha value is -2.98. The van der Waals surface area contributed by atoms with E-state index in [-0.39, 0.29) is 17.8 Å². The molecule has 1 heterocycles. The van der Waals surface area contributed by atoms with Crippen molar-refractivity contribution in [1.82, 2.24) is 4.98 Å². The van der Waals surface area contributed by atoms with E-state index in [1.165, 1.54) is 12.1 Å². The van der Waals surface area contributed by atoms with Crippen molar-refractivity contribution in [2.75, 3.05) is 17.7 Å². The van der Waals surface area contributed by atoms with E-state index in [9.17, 15) is 19.7 Å². The summed E-state index contributed by atoms with van der Waals surface area (Å²) in [5, 5.41) is 13.5. The standard InChI is InChI=1S/C20H19N3O5S2/c1-13-6-4-8-15(23(26)27)19(13)22-17(24)12-28-18(25)10-5-11-29-20-21-14-7-2-3-9-16(14)30-20/h2-4,6-9H,5,10-12H2,1H3,(H,22,24). The first-order valence-electron chi connectivity index (χ1n) is 9.12. The minimum Gasteiger partial charge on any atom is -0.456 e. The van der Waals surface area contributed by atoms with Crippen LogP contribution in [0.25, 0.3) is 10.2 Å². The zero-order chi connectivity index (χ0) is 21.5. The van der Waals surface area contributed by atoms with Crippen LogP contribution in [0, 0.1) is 17.0 Å². The first kappa shape index (κ1) is 21.7. The molecule has 1 N–H and O–H groups in total. The lowest BCUT2D eigenvalue weighted by Crippen LogP contribution is -2.21. The number of aryl methyl sites for hydroxylation is 1. The molecule has 0 atom stereocenters. The number of esters is 1. The number of amides is 1. The molecule has 0 aliphatic heterocycles. The largest absolute Gasteiger partial charge is 0.456 e. The lowest BCUT2D eigenvalue weighted by molar-refractivity contribution is -0.384. The Morgan fingerprint density at radius 2 is 2.03 bits per heavy atom. The Bertz CT molecular complexity index is 1050. The highest BCUT2D eigenvalue weighted by molar-refractivity contribution is 8.01. The van der Waals surface area contributed by atoms with Crippen LogP contribution in [0.2, 0.25) is 0 Å². The minimum atomic E-state index is -0.621. The summed E-state index contributed by atoms with van der Waals surface area (Å²) < 4.78 is 7.05. The number of nitro groups is 1. The lowest BCUT2D eigenvalue weighted by Gasteiger charge is -2.09. The van der Waals surface area contributed by atoms with E-state index < -0.39 is 23.4 Å². The molecule has 3 aromatic rings. The number of carbonyl (C=O) groups excluding carboxylic acids is 2. The Labute approximate surface area is 180 Å². The molecule has 0 unspecified atom stereocenters. The molecule has 30 heavy (non-hydrogen) atoms. The van der Waals surface area contributed by atoms with Gasteiger partial charge in [-0.1, -0.05) is 36.0 Å². The second-order valence-electron chi connectivity index (χ2n) is 6.33. The summed E-state index contributed by atoms with van der Waals surface area (Å²) in [6.45, 7) is 1.16. The van der Waals surface area contributed by atoms with Crippen molar-refractivity contribution < 1.29 is 19.2 Å². The summed E-state index contributed by atoms with van der Waals surface area (Å²) in [5.41, 5.74) is 1.41. The van der Waals surface area contributed by atoms with Crippen LogP contribution in [-0.2, 0) is 14.3 Å². The van der Waals surface area contributed by atoms with Gasteiger partial charge in [0.05, 0.1) is 15.1 Å². The number of thiazole rings is 1. The number of thioether (sulfide) groups is 1. The maximum absolute atomic E-state index is 12.0. The van der Waals surface area contributed by atoms with Gasteiger partial charge in [0.2, 0.25) is 0 Å². The molecular formula is C20H19N3O5S2. The van der Waals surface area contributed by atoms with E-state index >= 15 is 0 Å². The van der Waals surface area contributed by atoms with Gasteiger partial charge in [0, 0.05) is 18.2 Å². The molecular weight excluding hydrogens is 426 g/mol. The van der Waals surface area contributed by atoms with Crippen LogP contribution < -0.4 is 5.32 Å². The molecule has 0 saturated heterocycles. The summed E-state index contributed by atoms with van der Waals surface area (Å²) >= 11 is 3.19. The quantitative estimate of drug-likeness (QED) is 0.169. The van der Waals surface area contributed by atoms with E-state index in [0.717, 1.165) is 14.6 Å². The minimum absolute atomic E-state index is 0.107. The first-order valence-corrected chi connectivity index (χ1v) is 10.9. The number of benzene rings is 2. The van der Waals surface area contributed by atoms with Gasteiger partial charge in [0.15, 0.2) is 10.9 Å². The zero-order valence-corrected chi connectivity index (χ0v) is 17.8. The SMILES string of the molecule is Cc1cccc([N+](=O)[O-])c1NC(=O)COC(=O)CCCSc1nc2ccccc2s1. The number of para-hydroxylation sites is 2. The number of hydrogen-bond acceptors (Lipinski definition) is 8. The van der Waals surface area contributed by atoms with E-state index in [4.69, 9.17) is 4.74 Å². The third-order valence-corrected chi connectivity index (χ3v) is 6.37. The van der Waals surface area contributed by atoms with Gasteiger partial charge in [-0.05, 0) is 31.0 Å². The van der Waals surface area contributed by atoms with E-state index in [1.807, 2.05) is 24.3 Å². The molecule has 8 nitrogen and oxygen atoms in total. The summed E-state index contributed by atoms with van der Waals surface area (Å²) in [5.74, 6) is -0.407.